The summed E-state index contributed by atoms with van der Waals surface area (Å²) < 4.78 is 7.57. The summed E-state index contributed by atoms with van der Waals surface area (Å²) in [5.41, 5.74) is 3.79. The standard InChI is InChI=1S/C22H18N4OS/c1-16-20(11-12-27-16)21-24-25-22(26(21)14-17-7-3-2-4-8-17)28-15-19-10-6-5-9-18(19)13-23/h2-12H,14-15H2,1H3. The Balaban J connectivity index is 1.68. The highest BCUT2D eigenvalue weighted by molar-refractivity contribution is 7.98. The van der Waals surface area contributed by atoms with Gasteiger partial charge in [-0.2, -0.15) is 5.26 Å². The second kappa shape index (κ2) is 8.15. The average Bonchev–Trinajstić information content (AvgIpc) is 3.33. The van der Waals surface area contributed by atoms with Crippen molar-refractivity contribution < 1.29 is 4.42 Å². The van der Waals surface area contributed by atoms with E-state index in [2.05, 4.69) is 33.0 Å². The molecule has 6 heteroatoms. The van der Waals surface area contributed by atoms with Crippen molar-refractivity contribution in [2.24, 2.45) is 0 Å². The molecule has 0 N–H and O–H groups in total. The first-order valence-corrected chi connectivity index (χ1v) is 9.87. The summed E-state index contributed by atoms with van der Waals surface area (Å²) in [7, 11) is 0. The van der Waals surface area contributed by atoms with Crippen molar-refractivity contribution in [2.75, 3.05) is 0 Å². The molecule has 2 aromatic heterocycles. The molecule has 0 radical (unpaired) electrons. The lowest BCUT2D eigenvalue weighted by molar-refractivity contribution is 0.534. The van der Waals surface area contributed by atoms with Crippen molar-refractivity contribution in [3.8, 4) is 17.5 Å². The second-order valence-corrected chi connectivity index (χ2v) is 7.27. The Kier molecular flexibility index (Phi) is 5.27. The predicted octanol–water partition coefficient (Wildman–Crippen LogP) is 5.06. The number of thioether (sulfide) groups is 1. The lowest BCUT2D eigenvalue weighted by Gasteiger charge is -2.10. The highest BCUT2D eigenvalue weighted by atomic mass is 32.2. The summed E-state index contributed by atoms with van der Waals surface area (Å²) in [6, 6.07) is 22.0. The van der Waals surface area contributed by atoms with E-state index in [9.17, 15) is 5.26 Å². The zero-order valence-corrected chi connectivity index (χ0v) is 16.2. The molecule has 0 aliphatic rings. The van der Waals surface area contributed by atoms with Crippen LogP contribution in [0.5, 0.6) is 0 Å². The third-order valence-electron chi connectivity index (χ3n) is 4.49. The Morgan fingerprint density at radius 3 is 2.57 bits per heavy atom. The van der Waals surface area contributed by atoms with Gasteiger partial charge in [0.15, 0.2) is 11.0 Å². The van der Waals surface area contributed by atoms with Gasteiger partial charge in [-0.25, -0.2) is 0 Å². The number of nitriles is 1. The zero-order chi connectivity index (χ0) is 19.3. The molecular formula is C22H18N4OS. The van der Waals surface area contributed by atoms with Crippen molar-refractivity contribution in [3.63, 3.8) is 0 Å². The van der Waals surface area contributed by atoms with Crippen LogP contribution in [0.2, 0.25) is 0 Å². The molecule has 2 heterocycles. The van der Waals surface area contributed by atoms with Crippen molar-refractivity contribution in [3.05, 3.63) is 89.4 Å². The van der Waals surface area contributed by atoms with Gasteiger partial charge in [0.1, 0.15) is 5.76 Å². The Morgan fingerprint density at radius 2 is 1.82 bits per heavy atom. The van der Waals surface area contributed by atoms with Gasteiger partial charge in [-0.05, 0) is 30.2 Å². The molecule has 0 spiro atoms. The highest BCUT2D eigenvalue weighted by Gasteiger charge is 2.18. The van der Waals surface area contributed by atoms with Gasteiger partial charge in [-0.15, -0.1) is 10.2 Å². The fraction of sp³-hybridized carbons (Fsp3) is 0.136. The molecule has 2 aromatic carbocycles. The molecule has 0 unspecified atom stereocenters. The second-order valence-electron chi connectivity index (χ2n) is 6.33. The number of hydrogen-bond acceptors (Lipinski definition) is 5. The number of aromatic nitrogens is 3. The Hall–Kier alpha value is -3.30. The SMILES string of the molecule is Cc1occc1-c1nnc(SCc2ccccc2C#N)n1Cc1ccccc1. The van der Waals surface area contributed by atoms with Crippen LogP contribution in [0.1, 0.15) is 22.5 Å². The van der Waals surface area contributed by atoms with E-state index in [1.54, 1.807) is 18.0 Å². The molecule has 0 fully saturated rings. The molecule has 138 valence electrons. The quantitative estimate of drug-likeness (QED) is 0.433. The van der Waals surface area contributed by atoms with Gasteiger partial charge in [0, 0.05) is 5.75 Å². The lowest BCUT2D eigenvalue weighted by atomic mass is 10.1. The molecule has 0 bridgehead atoms. The topological polar surface area (TPSA) is 67.6 Å². The van der Waals surface area contributed by atoms with E-state index in [0.29, 0.717) is 17.9 Å². The van der Waals surface area contributed by atoms with Gasteiger partial charge in [-0.1, -0.05) is 60.3 Å². The van der Waals surface area contributed by atoms with E-state index in [0.717, 1.165) is 27.9 Å². The molecule has 0 saturated heterocycles. The average molecular weight is 386 g/mol. The summed E-state index contributed by atoms with van der Waals surface area (Å²) in [6.45, 7) is 2.59. The molecule has 0 aliphatic carbocycles. The molecular weight excluding hydrogens is 368 g/mol. The summed E-state index contributed by atoms with van der Waals surface area (Å²) >= 11 is 1.58. The summed E-state index contributed by atoms with van der Waals surface area (Å²) in [4.78, 5) is 0. The zero-order valence-electron chi connectivity index (χ0n) is 15.4. The van der Waals surface area contributed by atoms with Crippen LogP contribution in [0.25, 0.3) is 11.4 Å². The fourth-order valence-electron chi connectivity index (χ4n) is 3.02. The van der Waals surface area contributed by atoms with Crippen molar-refractivity contribution >= 4 is 11.8 Å². The largest absolute Gasteiger partial charge is 0.469 e. The minimum absolute atomic E-state index is 0.654. The fourth-order valence-corrected chi connectivity index (χ4v) is 3.96. The van der Waals surface area contributed by atoms with Crippen LogP contribution in [0.3, 0.4) is 0 Å². The summed E-state index contributed by atoms with van der Waals surface area (Å²) in [5.74, 6) is 2.25. The van der Waals surface area contributed by atoms with Gasteiger partial charge in [0.25, 0.3) is 0 Å². The molecule has 0 amide bonds. The van der Waals surface area contributed by atoms with Gasteiger partial charge < -0.3 is 4.42 Å². The number of aryl methyl sites for hydroxylation is 1. The van der Waals surface area contributed by atoms with Crippen LogP contribution in [0, 0.1) is 18.3 Å². The van der Waals surface area contributed by atoms with E-state index in [4.69, 9.17) is 4.42 Å². The van der Waals surface area contributed by atoms with E-state index in [1.807, 2.05) is 55.5 Å². The van der Waals surface area contributed by atoms with E-state index in [1.165, 1.54) is 5.56 Å². The van der Waals surface area contributed by atoms with Crippen LogP contribution in [0.15, 0.2) is 76.5 Å². The smallest absolute Gasteiger partial charge is 0.192 e. The summed E-state index contributed by atoms with van der Waals surface area (Å²) in [5, 5.41) is 19.0. The normalized spacial score (nSPS) is 10.7. The Morgan fingerprint density at radius 1 is 1.04 bits per heavy atom. The molecule has 4 rings (SSSR count). The highest BCUT2D eigenvalue weighted by Crippen LogP contribution is 2.30. The number of rotatable bonds is 6. The maximum atomic E-state index is 9.32. The number of furan rings is 1. The van der Waals surface area contributed by atoms with Gasteiger partial charge in [0.05, 0.1) is 30.0 Å². The number of benzene rings is 2. The molecule has 0 atom stereocenters. The molecule has 4 aromatic rings. The Bertz CT molecular complexity index is 1120. The van der Waals surface area contributed by atoms with Crippen LogP contribution in [-0.4, -0.2) is 14.8 Å². The minimum atomic E-state index is 0.654. The monoisotopic (exact) mass is 386 g/mol. The first-order valence-electron chi connectivity index (χ1n) is 8.88. The van der Waals surface area contributed by atoms with Crippen LogP contribution < -0.4 is 0 Å². The van der Waals surface area contributed by atoms with E-state index in [-0.39, 0.29) is 0 Å². The van der Waals surface area contributed by atoms with Gasteiger partial charge in [-0.3, -0.25) is 4.57 Å². The maximum Gasteiger partial charge on any atom is 0.192 e. The molecule has 28 heavy (non-hydrogen) atoms. The molecule has 0 aliphatic heterocycles. The van der Waals surface area contributed by atoms with Crippen molar-refractivity contribution in [1.82, 2.24) is 14.8 Å². The van der Waals surface area contributed by atoms with E-state index < -0.39 is 0 Å². The van der Waals surface area contributed by atoms with Crippen LogP contribution >= 0.6 is 11.8 Å². The Labute approximate surface area is 167 Å². The summed E-state index contributed by atoms with van der Waals surface area (Å²) in [6.07, 6.45) is 1.67. The minimum Gasteiger partial charge on any atom is -0.469 e. The maximum absolute atomic E-state index is 9.32. The third-order valence-corrected chi connectivity index (χ3v) is 5.51. The van der Waals surface area contributed by atoms with Gasteiger partial charge in [0.2, 0.25) is 0 Å². The first kappa shape index (κ1) is 18.1. The third kappa shape index (κ3) is 3.71. The number of nitrogens with zero attached hydrogens (tertiary/aromatic N) is 4. The molecule has 0 saturated carbocycles. The van der Waals surface area contributed by atoms with Crippen LogP contribution in [-0.2, 0) is 12.3 Å². The van der Waals surface area contributed by atoms with E-state index >= 15 is 0 Å². The van der Waals surface area contributed by atoms with Crippen molar-refractivity contribution in [2.45, 2.75) is 24.4 Å². The van der Waals surface area contributed by atoms with Crippen LogP contribution in [0.4, 0.5) is 0 Å². The first-order chi connectivity index (χ1) is 13.8. The molecule has 5 nitrogen and oxygen atoms in total. The number of hydrogen-bond donors (Lipinski definition) is 0. The van der Waals surface area contributed by atoms with Crippen molar-refractivity contribution in [1.29, 1.82) is 5.26 Å². The predicted molar refractivity (Wildman–Crippen MR) is 109 cm³/mol. The van der Waals surface area contributed by atoms with Gasteiger partial charge >= 0.3 is 0 Å². The lowest BCUT2D eigenvalue weighted by Crippen LogP contribution is -2.04.